The summed E-state index contributed by atoms with van der Waals surface area (Å²) in [5.41, 5.74) is 0. The highest BCUT2D eigenvalue weighted by atomic mass is 16.1. The number of hydrogen-bond acceptors (Lipinski definition) is 2. The average molecular weight is 185 g/mol. The quantitative estimate of drug-likeness (QED) is 0.633. The lowest BCUT2D eigenvalue weighted by Crippen LogP contribution is -2.40. The van der Waals surface area contributed by atoms with Crippen LogP contribution in [0.5, 0.6) is 0 Å². The van der Waals surface area contributed by atoms with Crippen LogP contribution >= 0.6 is 0 Å². The van der Waals surface area contributed by atoms with Crippen molar-refractivity contribution in [3.8, 4) is 0 Å². The first-order valence-corrected chi connectivity index (χ1v) is 5.27. The molecular formula is C11H23NO. The lowest BCUT2D eigenvalue weighted by Gasteiger charge is -2.28. The maximum absolute atomic E-state index is 11.2. The maximum Gasteiger partial charge on any atom is 0.146 e. The first-order valence-electron chi connectivity index (χ1n) is 5.27. The highest BCUT2D eigenvalue weighted by molar-refractivity contribution is 5.80. The van der Waals surface area contributed by atoms with Gasteiger partial charge in [-0.3, -0.25) is 9.69 Å². The summed E-state index contributed by atoms with van der Waals surface area (Å²) in [6.45, 7) is 12.2. The molecule has 2 unspecified atom stereocenters. The summed E-state index contributed by atoms with van der Waals surface area (Å²) in [5.74, 6) is 0.951. The zero-order valence-electron chi connectivity index (χ0n) is 9.63. The molecule has 2 nitrogen and oxygen atoms in total. The summed E-state index contributed by atoms with van der Waals surface area (Å²) in [4.78, 5) is 13.4. The van der Waals surface area contributed by atoms with E-state index in [2.05, 4.69) is 25.7 Å². The Morgan fingerprint density at radius 3 is 2.15 bits per heavy atom. The summed E-state index contributed by atoms with van der Waals surface area (Å²) >= 11 is 0. The minimum Gasteiger partial charge on any atom is -0.298 e. The molecule has 0 rings (SSSR count). The first-order chi connectivity index (χ1) is 6.02. The van der Waals surface area contributed by atoms with Crippen LogP contribution in [0.4, 0.5) is 0 Å². The molecule has 78 valence electrons. The van der Waals surface area contributed by atoms with Crippen LogP contribution in [0.1, 0.15) is 41.0 Å². The van der Waals surface area contributed by atoms with Gasteiger partial charge in [0.2, 0.25) is 0 Å². The minimum atomic E-state index is 0.0824. The third-order valence-electron chi connectivity index (χ3n) is 2.79. The molecule has 0 radical (unpaired) electrons. The number of likely N-dealkylation sites (N-methyl/N-ethyl adjacent to an activating group) is 1. The molecule has 0 aromatic heterocycles. The van der Waals surface area contributed by atoms with Crippen LogP contribution in [0, 0.1) is 5.92 Å². The van der Waals surface area contributed by atoms with E-state index in [-0.39, 0.29) is 11.8 Å². The molecule has 0 aliphatic carbocycles. The van der Waals surface area contributed by atoms with Crippen LogP contribution in [0.3, 0.4) is 0 Å². The second-order valence-electron chi connectivity index (χ2n) is 3.89. The maximum atomic E-state index is 11.2. The van der Waals surface area contributed by atoms with Crippen molar-refractivity contribution >= 4 is 5.78 Å². The van der Waals surface area contributed by atoms with Crippen molar-refractivity contribution < 1.29 is 4.79 Å². The SMILES string of the molecule is CCC(C)CN(CC)C(C)C(C)=O. The van der Waals surface area contributed by atoms with E-state index < -0.39 is 0 Å². The van der Waals surface area contributed by atoms with Gasteiger partial charge in [0, 0.05) is 6.54 Å². The molecule has 0 heterocycles. The highest BCUT2D eigenvalue weighted by Gasteiger charge is 2.17. The molecule has 2 heteroatoms. The Morgan fingerprint density at radius 2 is 1.85 bits per heavy atom. The molecule has 0 aromatic rings. The number of carbonyl (C=O) groups excluding carboxylic acids is 1. The van der Waals surface area contributed by atoms with Crippen molar-refractivity contribution in [3.63, 3.8) is 0 Å². The van der Waals surface area contributed by atoms with Gasteiger partial charge < -0.3 is 0 Å². The third-order valence-corrected chi connectivity index (χ3v) is 2.79. The van der Waals surface area contributed by atoms with Gasteiger partial charge in [0.25, 0.3) is 0 Å². The summed E-state index contributed by atoms with van der Waals surface area (Å²) in [5, 5.41) is 0. The number of nitrogens with zero attached hydrogens (tertiary/aromatic N) is 1. The normalized spacial score (nSPS) is 15.8. The summed E-state index contributed by atoms with van der Waals surface area (Å²) in [6.07, 6.45) is 1.18. The smallest absolute Gasteiger partial charge is 0.146 e. The molecule has 0 bridgehead atoms. The Hall–Kier alpha value is -0.370. The van der Waals surface area contributed by atoms with E-state index in [4.69, 9.17) is 0 Å². The largest absolute Gasteiger partial charge is 0.298 e. The van der Waals surface area contributed by atoms with Gasteiger partial charge in [-0.05, 0) is 26.3 Å². The predicted octanol–water partition coefficient (Wildman–Crippen LogP) is 2.33. The lowest BCUT2D eigenvalue weighted by molar-refractivity contribution is -0.121. The standard InChI is InChI=1S/C11H23NO/c1-6-9(3)8-12(7-2)10(4)11(5)13/h9-10H,6-8H2,1-5H3. The van der Waals surface area contributed by atoms with Gasteiger partial charge in [-0.15, -0.1) is 0 Å². The number of ketones is 1. The van der Waals surface area contributed by atoms with E-state index in [1.165, 1.54) is 6.42 Å². The van der Waals surface area contributed by atoms with E-state index in [0.29, 0.717) is 5.92 Å². The van der Waals surface area contributed by atoms with Crippen molar-refractivity contribution in [2.75, 3.05) is 13.1 Å². The molecule has 0 amide bonds. The summed E-state index contributed by atoms with van der Waals surface area (Å²) in [7, 11) is 0. The van der Waals surface area contributed by atoms with E-state index >= 15 is 0 Å². The summed E-state index contributed by atoms with van der Waals surface area (Å²) < 4.78 is 0. The molecule has 0 saturated carbocycles. The molecule has 0 aliphatic heterocycles. The Bertz CT molecular complexity index is 156. The fourth-order valence-corrected chi connectivity index (χ4v) is 1.35. The molecule has 0 N–H and O–H groups in total. The summed E-state index contributed by atoms with van der Waals surface area (Å²) in [6, 6.07) is 0.0824. The number of Topliss-reactive ketones (excluding diaryl/α,β-unsaturated/α-hetero) is 1. The van der Waals surface area contributed by atoms with Gasteiger partial charge >= 0.3 is 0 Å². The second kappa shape index (κ2) is 6.14. The Morgan fingerprint density at radius 1 is 1.31 bits per heavy atom. The number of rotatable bonds is 6. The molecule has 0 aromatic carbocycles. The number of hydrogen-bond donors (Lipinski definition) is 0. The van der Waals surface area contributed by atoms with Crippen LogP contribution in [0.2, 0.25) is 0 Å². The van der Waals surface area contributed by atoms with Gasteiger partial charge in [-0.1, -0.05) is 27.2 Å². The van der Waals surface area contributed by atoms with Crippen LogP contribution in [-0.2, 0) is 4.79 Å². The van der Waals surface area contributed by atoms with Crippen molar-refractivity contribution in [3.05, 3.63) is 0 Å². The molecule has 0 aliphatic rings. The molecule has 2 atom stereocenters. The fourth-order valence-electron chi connectivity index (χ4n) is 1.35. The first kappa shape index (κ1) is 12.6. The van der Waals surface area contributed by atoms with Gasteiger partial charge in [-0.2, -0.15) is 0 Å². The molecule has 0 fully saturated rings. The minimum absolute atomic E-state index is 0.0824. The molecule has 0 saturated heterocycles. The van der Waals surface area contributed by atoms with E-state index in [0.717, 1.165) is 13.1 Å². The molecular weight excluding hydrogens is 162 g/mol. The van der Waals surface area contributed by atoms with Crippen LogP contribution in [-0.4, -0.2) is 29.8 Å². The van der Waals surface area contributed by atoms with Crippen molar-refractivity contribution in [1.82, 2.24) is 4.90 Å². The Kier molecular flexibility index (Phi) is 5.97. The van der Waals surface area contributed by atoms with Crippen LogP contribution < -0.4 is 0 Å². The second-order valence-corrected chi connectivity index (χ2v) is 3.89. The number of carbonyl (C=O) groups is 1. The van der Waals surface area contributed by atoms with Gasteiger partial charge in [0.05, 0.1) is 6.04 Å². The Labute approximate surface area is 82.3 Å². The van der Waals surface area contributed by atoms with Gasteiger partial charge in [-0.25, -0.2) is 0 Å². The zero-order chi connectivity index (χ0) is 10.4. The third kappa shape index (κ3) is 4.41. The van der Waals surface area contributed by atoms with E-state index in [1.54, 1.807) is 6.92 Å². The average Bonchev–Trinajstić information content (AvgIpc) is 2.12. The highest BCUT2D eigenvalue weighted by Crippen LogP contribution is 2.08. The zero-order valence-corrected chi connectivity index (χ0v) is 9.63. The predicted molar refractivity (Wildman–Crippen MR) is 56.8 cm³/mol. The van der Waals surface area contributed by atoms with Crippen molar-refractivity contribution in [2.24, 2.45) is 5.92 Å². The van der Waals surface area contributed by atoms with E-state index in [9.17, 15) is 4.79 Å². The molecule has 0 spiro atoms. The fraction of sp³-hybridized carbons (Fsp3) is 0.909. The van der Waals surface area contributed by atoms with Crippen molar-refractivity contribution in [2.45, 2.75) is 47.1 Å². The monoisotopic (exact) mass is 185 g/mol. The van der Waals surface area contributed by atoms with Crippen LogP contribution in [0.15, 0.2) is 0 Å². The Balaban J connectivity index is 4.09. The van der Waals surface area contributed by atoms with Crippen molar-refractivity contribution in [1.29, 1.82) is 0 Å². The van der Waals surface area contributed by atoms with Gasteiger partial charge in [0.15, 0.2) is 0 Å². The topological polar surface area (TPSA) is 20.3 Å². The molecule has 13 heavy (non-hydrogen) atoms. The van der Waals surface area contributed by atoms with Gasteiger partial charge in [0.1, 0.15) is 5.78 Å². The van der Waals surface area contributed by atoms with E-state index in [1.807, 2.05) is 6.92 Å². The lowest BCUT2D eigenvalue weighted by atomic mass is 10.1. The van der Waals surface area contributed by atoms with Crippen LogP contribution in [0.25, 0.3) is 0 Å².